The molecule has 0 saturated heterocycles. The van der Waals surface area contributed by atoms with Crippen LogP contribution in [0.1, 0.15) is 33.1 Å². The van der Waals surface area contributed by atoms with E-state index in [2.05, 4.69) is 20.7 Å². The summed E-state index contributed by atoms with van der Waals surface area (Å²) < 4.78 is 40.4. The zero-order chi connectivity index (χ0) is 14.6. The van der Waals surface area contributed by atoms with Crippen LogP contribution in [0.4, 0.5) is 10.1 Å². The maximum atomic E-state index is 13.3. The lowest BCUT2D eigenvalue weighted by Gasteiger charge is -2.17. The third-order valence-electron chi connectivity index (χ3n) is 2.79. The number of sulfonamides is 1. The molecule has 0 amide bonds. The summed E-state index contributed by atoms with van der Waals surface area (Å²) in [7, 11) is -3.74. The average Bonchev–Trinajstić information content (AvgIpc) is 2.32. The highest BCUT2D eigenvalue weighted by molar-refractivity contribution is 9.10. The van der Waals surface area contributed by atoms with Gasteiger partial charge in [-0.3, -0.25) is 0 Å². The topological polar surface area (TPSA) is 72.2 Å². The van der Waals surface area contributed by atoms with E-state index in [1.54, 1.807) is 0 Å². The molecule has 0 aliphatic rings. The Bertz CT molecular complexity index is 549. The number of halogens is 2. The largest absolute Gasteiger partial charge is 0.398 e. The van der Waals surface area contributed by atoms with Gasteiger partial charge in [-0.1, -0.05) is 20.3 Å². The van der Waals surface area contributed by atoms with Crippen molar-refractivity contribution in [3.05, 3.63) is 22.4 Å². The van der Waals surface area contributed by atoms with Crippen molar-refractivity contribution in [1.29, 1.82) is 0 Å². The van der Waals surface area contributed by atoms with E-state index < -0.39 is 15.8 Å². The molecule has 0 heterocycles. The second kappa shape index (κ2) is 6.67. The van der Waals surface area contributed by atoms with E-state index in [9.17, 15) is 12.8 Å². The molecule has 4 nitrogen and oxygen atoms in total. The number of nitrogens with one attached hydrogen (secondary N) is 1. The highest BCUT2D eigenvalue weighted by Crippen LogP contribution is 2.26. The number of nitrogen functional groups attached to an aromatic ring is 1. The minimum atomic E-state index is -3.74. The Balaban J connectivity index is 3.10. The number of anilines is 1. The minimum absolute atomic E-state index is 0.0746. The summed E-state index contributed by atoms with van der Waals surface area (Å²) in [5.41, 5.74) is 5.49. The zero-order valence-electron chi connectivity index (χ0n) is 10.9. The van der Waals surface area contributed by atoms with E-state index in [4.69, 9.17) is 5.73 Å². The predicted octanol–water partition coefficient (Wildman–Crippen LogP) is 3.03. The van der Waals surface area contributed by atoms with Crippen LogP contribution < -0.4 is 10.5 Å². The first kappa shape index (κ1) is 16.4. The van der Waals surface area contributed by atoms with Crippen LogP contribution in [0, 0.1) is 5.82 Å². The van der Waals surface area contributed by atoms with E-state index in [1.165, 1.54) is 6.07 Å². The third kappa shape index (κ3) is 4.15. The van der Waals surface area contributed by atoms with Gasteiger partial charge in [-0.05, 0) is 40.9 Å². The maximum absolute atomic E-state index is 13.3. The van der Waals surface area contributed by atoms with Crippen molar-refractivity contribution in [2.75, 3.05) is 5.73 Å². The molecule has 0 radical (unpaired) electrons. The van der Waals surface area contributed by atoms with E-state index >= 15 is 0 Å². The van der Waals surface area contributed by atoms with E-state index in [-0.39, 0.29) is 21.1 Å². The fourth-order valence-corrected chi connectivity index (χ4v) is 3.74. The SMILES string of the molecule is CCCC(CC)NS(=O)(=O)c1cc(Br)c(F)cc1N. The smallest absolute Gasteiger partial charge is 0.242 e. The molecule has 3 N–H and O–H groups in total. The second-order valence-corrected chi connectivity index (χ2v) is 6.86. The van der Waals surface area contributed by atoms with Gasteiger partial charge in [0.15, 0.2) is 0 Å². The number of hydrogen-bond donors (Lipinski definition) is 2. The molecule has 0 aliphatic carbocycles. The fourth-order valence-electron chi connectivity index (χ4n) is 1.75. The number of nitrogens with two attached hydrogens (primary N) is 1. The van der Waals surface area contributed by atoms with Gasteiger partial charge in [-0.2, -0.15) is 0 Å². The van der Waals surface area contributed by atoms with Crippen LogP contribution in [0.25, 0.3) is 0 Å². The van der Waals surface area contributed by atoms with Crippen LogP contribution in [0.5, 0.6) is 0 Å². The molecule has 0 aromatic heterocycles. The molecule has 1 rings (SSSR count). The monoisotopic (exact) mass is 352 g/mol. The quantitative estimate of drug-likeness (QED) is 0.772. The van der Waals surface area contributed by atoms with Crippen LogP contribution in [-0.4, -0.2) is 14.5 Å². The molecule has 108 valence electrons. The summed E-state index contributed by atoms with van der Waals surface area (Å²) in [5, 5.41) is 0. The Morgan fingerprint density at radius 1 is 1.42 bits per heavy atom. The van der Waals surface area contributed by atoms with Crippen LogP contribution >= 0.6 is 15.9 Å². The van der Waals surface area contributed by atoms with Crippen molar-refractivity contribution in [3.63, 3.8) is 0 Å². The van der Waals surface area contributed by atoms with Gasteiger partial charge in [0.2, 0.25) is 10.0 Å². The molecule has 1 unspecified atom stereocenters. The molecule has 0 bridgehead atoms. The van der Waals surface area contributed by atoms with Crippen molar-refractivity contribution >= 4 is 31.6 Å². The first-order valence-electron chi connectivity index (χ1n) is 6.08. The van der Waals surface area contributed by atoms with Gasteiger partial charge in [0.1, 0.15) is 10.7 Å². The summed E-state index contributed by atoms with van der Waals surface area (Å²) in [6.45, 7) is 3.90. The first-order chi connectivity index (χ1) is 8.81. The number of hydrogen-bond acceptors (Lipinski definition) is 3. The summed E-state index contributed by atoms with van der Waals surface area (Å²) in [6.07, 6.45) is 2.32. The second-order valence-electron chi connectivity index (χ2n) is 4.32. The van der Waals surface area contributed by atoms with Crippen molar-refractivity contribution in [1.82, 2.24) is 4.72 Å². The molecule has 1 atom stereocenters. The third-order valence-corrected chi connectivity index (χ3v) is 4.98. The highest BCUT2D eigenvalue weighted by Gasteiger charge is 2.22. The normalized spacial score (nSPS) is 13.5. The molecule has 1 aromatic carbocycles. The van der Waals surface area contributed by atoms with Gasteiger partial charge in [0.25, 0.3) is 0 Å². The van der Waals surface area contributed by atoms with E-state index in [0.717, 1.165) is 18.9 Å². The van der Waals surface area contributed by atoms with Crippen LogP contribution in [0.2, 0.25) is 0 Å². The number of benzene rings is 1. The minimum Gasteiger partial charge on any atom is -0.398 e. The molecule has 19 heavy (non-hydrogen) atoms. The standard InChI is InChI=1S/C12H18BrFN2O2S/c1-3-5-8(4-2)16-19(17,18)12-6-9(13)10(14)7-11(12)15/h6-8,16H,3-5,15H2,1-2H3. The average molecular weight is 353 g/mol. The lowest BCUT2D eigenvalue weighted by molar-refractivity contribution is 0.512. The Morgan fingerprint density at radius 3 is 2.58 bits per heavy atom. The fraction of sp³-hybridized carbons (Fsp3) is 0.500. The summed E-state index contributed by atoms with van der Waals surface area (Å²) in [5.74, 6) is -0.586. The van der Waals surface area contributed by atoms with E-state index in [1.807, 2.05) is 13.8 Å². The van der Waals surface area contributed by atoms with Crippen LogP contribution in [-0.2, 0) is 10.0 Å². The summed E-state index contributed by atoms with van der Waals surface area (Å²) >= 11 is 2.96. The number of rotatable bonds is 6. The Kier molecular flexibility index (Phi) is 5.76. The molecule has 7 heteroatoms. The Morgan fingerprint density at radius 2 is 2.05 bits per heavy atom. The van der Waals surface area contributed by atoms with Gasteiger partial charge in [-0.15, -0.1) is 0 Å². The Hall–Kier alpha value is -0.660. The van der Waals surface area contributed by atoms with Crippen molar-refractivity contribution in [3.8, 4) is 0 Å². The molecule has 0 saturated carbocycles. The van der Waals surface area contributed by atoms with Crippen LogP contribution in [0.15, 0.2) is 21.5 Å². The molecule has 0 aliphatic heterocycles. The summed E-state index contributed by atoms with van der Waals surface area (Å²) in [6, 6.07) is 2.05. The van der Waals surface area contributed by atoms with Gasteiger partial charge in [0.05, 0.1) is 10.2 Å². The molecular formula is C12H18BrFN2O2S. The van der Waals surface area contributed by atoms with Gasteiger partial charge in [0, 0.05) is 6.04 Å². The lowest BCUT2D eigenvalue weighted by atomic mass is 10.1. The van der Waals surface area contributed by atoms with Crippen molar-refractivity contribution in [2.24, 2.45) is 0 Å². The highest BCUT2D eigenvalue weighted by atomic mass is 79.9. The summed E-state index contributed by atoms with van der Waals surface area (Å²) in [4.78, 5) is -0.102. The van der Waals surface area contributed by atoms with E-state index in [0.29, 0.717) is 6.42 Å². The molecule has 0 fully saturated rings. The molecular weight excluding hydrogens is 335 g/mol. The van der Waals surface area contributed by atoms with Crippen molar-refractivity contribution in [2.45, 2.75) is 44.0 Å². The first-order valence-corrected chi connectivity index (χ1v) is 8.36. The lowest BCUT2D eigenvalue weighted by Crippen LogP contribution is -2.34. The molecule has 1 aromatic rings. The van der Waals surface area contributed by atoms with Gasteiger partial charge < -0.3 is 5.73 Å². The van der Waals surface area contributed by atoms with Crippen molar-refractivity contribution < 1.29 is 12.8 Å². The van der Waals surface area contributed by atoms with Gasteiger partial charge in [-0.25, -0.2) is 17.5 Å². The predicted molar refractivity (Wildman–Crippen MR) is 77.8 cm³/mol. The zero-order valence-corrected chi connectivity index (χ0v) is 13.3. The molecule has 0 spiro atoms. The maximum Gasteiger partial charge on any atom is 0.242 e. The van der Waals surface area contributed by atoms with Crippen LogP contribution in [0.3, 0.4) is 0 Å². The Labute approximate surface area is 121 Å². The van der Waals surface area contributed by atoms with Gasteiger partial charge >= 0.3 is 0 Å².